The number of ether oxygens (including phenoxy) is 1. The Hall–Kier alpha value is -1.18. The van der Waals surface area contributed by atoms with Gasteiger partial charge < -0.3 is 26.6 Å². The first kappa shape index (κ1) is 30.8. The second-order valence-electron chi connectivity index (χ2n) is 14.2. The van der Waals surface area contributed by atoms with Gasteiger partial charge in [-0.2, -0.15) is 0 Å². The lowest BCUT2D eigenvalue weighted by Crippen LogP contribution is -2.60. The highest BCUT2D eigenvalue weighted by Crippen LogP contribution is 2.68. The average molecular weight is 548 g/mol. The van der Waals surface area contributed by atoms with Crippen molar-refractivity contribution >= 4 is 11.9 Å². The fourth-order valence-electron chi connectivity index (χ4n) is 10.1. The van der Waals surface area contributed by atoms with Crippen LogP contribution in [0.2, 0.25) is 0 Å². The molecule has 39 heavy (non-hydrogen) atoms. The first-order chi connectivity index (χ1) is 18.5. The van der Waals surface area contributed by atoms with Gasteiger partial charge in [-0.05, 0) is 130 Å². The van der Waals surface area contributed by atoms with Crippen LogP contribution < -0.4 is 16.8 Å². The third kappa shape index (κ3) is 6.21. The minimum Gasteiger partial charge on any atom is -0.466 e. The van der Waals surface area contributed by atoms with Gasteiger partial charge in [0, 0.05) is 12.5 Å². The van der Waals surface area contributed by atoms with Crippen molar-refractivity contribution in [1.29, 1.82) is 0 Å². The maximum Gasteiger partial charge on any atom is 0.305 e. The summed E-state index contributed by atoms with van der Waals surface area (Å²) in [6.45, 7) is 10.3. The molecule has 6 N–H and O–H groups in total. The third-order valence-electron chi connectivity index (χ3n) is 12.2. The van der Waals surface area contributed by atoms with Gasteiger partial charge in [0.25, 0.3) is 0 Å². The van der Waals surface area contributed by atoms with Crippen molar-refractivity contribution in [3.05, 3.63) is 0 Å². The van der Waals surface area contributed by atoms with E-state index in [0.29, 0.717) is 61.5 Å². The molecule has 11 atom stereocenters. The first-order valence-electron chi connectivity index (χ1n) is 16.1. The summed E-state index contributed by atoms with van der Waals surface area (Å²) in [4.78, 5) is 24.8. The fraction of sp³-hybridized carbons (Fsp3) is 0.938. The Kier molecular flexibility index (Phi) is 10.1. The van der Waals surface area contributed by atoms with Crippen LogP contribution in [-0.2, 0) is 14.3 Å². The van der Waals surface area contributed by atoms with E-state index >= 15 is 0 Å². The Morgan fingerprint density at radius 2 is 1.74 bits per heavy atom. The topological polar surface area (TPSA) is 128 Å². The lowest BCUT2D eigenvalue weighted by atomic mass is 9.43. The van der Waals surface area contributed by atoms with E-state index in [1.807, 2.05) is 6.92 Å². The summed E-state index contributed by atoms with van der Waals surface area (Å²) in [5.41, 5.74) is 12.2. The molecule has 0 heterocycles. The minimum atomic E-state index is -0.461. The quantitative estimate of drug-likeness (QED) is 0.222. The van der Waals surface area contributed by atoms with Crippen LogP contribution in [0.4, 0.5) is 0 Å². The number of esters is 1. The standard InChI is InChI=1S/C32H57N3O4/c1-5-39-28(37)12-9-20(2)23-10-11-24-29-25(14-16-32(23,24)4)31(3)15-13-22(18-21(31)19-27(29)36)35-30(38)26(34)8-6-7-17-33/h20-27,29,36H,5-19,33-34H2,1-4H3,(H,35,38)/t20-,21+,22-,23-,24+,25+,26+,27-,29+,31+,32-/m1/s1. The van der Waals surface area contributed by atoms with Crippen molar-refractivity contribution in [1.82, 2.24) is 5.32 Å². The summed E-state index contributed by atoms with van der Waals surface area (Å²) in [7, 11) is 0. The fourth-order valence-corrected chi connectivity index (χ4v) is 10.1. The number of rotatable bonds is 11. The van der Waals surface area contributed by atoms with Crippen LogP contribution in [0, 0.1) is 46.3 Å². The highest BCUT2D eigenvalue weighted by atomic mass is 16.5. The number of hydrogen-bond donors (Lipinski definition) is 4. The predicted octanol–water partition coefficient (Wildman–Crippen LogP) is 4.54. The second-order valence-corrected chi connectivity index (χ2v) is 14.2. The van der Waals surface area contributed by atoms with E-state index in [2.05, 4.69) is 26.1 Å². The zero-order chi connectivity index (χ0) is 28.4. The molecule has 4 fully saturated rings. The van der Waals surface area contributed by atoms with Gasteiger partial charge in [0.15, 0.2) is 0 Å². The van der Waals surface area contributed by atoms with Gasteiger partial charge in [0.2, 0.25) is 5.91 Å². The molecule has 0 spiro atoms. The van der Waals surface area contributed by atoms with E-state index in [9.17, 15) is 14.7 Å². The van der Waals surface area contributed by atoms with Crippen LogP contribution in [-0.4, -0.2) is 48.3 Å². The number of aliphatic hydroxyl groups is 1. The Morgan fingerprint density at radius 3 is 2.46 bits per heavy atom. The molecule has 0 aliphatic heterocycles. The molecule has 0 aromatic carbocycles. The van der Waals surface area contributed by atoms with Gasteiger partial charge in [0.1, 0.15) is 0 Å². The Morgan fingerprint density at radius 1 is 1.03 bits per heavy atom. The van der Waals surface area contributed by atoms with Gasteiger partial charge in [-0.25, -0.2) is 0 Å². The number of amides is 1. The first-order valence-corrected chi connectivity index (χ1v) is 16.1. The van der Waals surface area contributed by atoms with Crippen LogP contribution >= 0.6 is 0 Å². The number of carbonyl (C=O) groups is 2. The van der Waals surface area contributed by atoms with Gasteiger partial charge in [0.05, 0.1) is 18.8 Å². The monoisotopic (exact) mass is 547 g/mol. The van der Waals surface area contributed by atoms with E-state index < -0.39 is 6.04 Å². The molecule has 0 radical (unpaired) electrons. The molecule has 0 aromatic rings. The smallest absolute Gasteiger partial charge is 0.305 e. The molecule has 4 aliphatic carbocycles. The maximum absolute atomic E-state index is 12.8. The highest BCUT2D eigenvalue weighted by Gasteiger charge is 2.62. The van der Waals surface area contributed by atoms with Crippen molar-refractivity contribution in [2.75, 3.05) is 13.2 Å². The van der Waals surface area contributed by atoms with E-state index in [-0.39, 0.29) is 34.9 Å². The molecule has 4 aliphatic rings. The molecule has 4 rings (SSSR count). The van der Waals surface area contributed by atoms with E-state index in [0.717, 1.165) is 44.9 Å². The number of nitrogens with two attached hydrogens (primary N) is 2. The zero-order valence-electron chi connectivity index (χ0n) is 25.1. The van der Waals surface area contributed by atoms with Crippen LogP contribution in [0.3, 0.4) is 0 Å². The predicted molar refractivity (Wildman–Crippen MR) is 154 cm³/mol. The molecule has 7 heteroatoms. The number of fused-ring (bicyclic) bond motifs is 5. The lowest BCUT2D eigenvalue weighted by Gasteiger charge is -2.62. The second kappa shape index (κ2) is 12.8. The Bertz CT molecular complexity index is 853. The summed E-state index contributed by atoms with van der Waals surface area (Å²) in [5, 5.41) is 14.9. The molecule has 224 valence electrons. The lowest BCUT2D eigenvalue weighted by molar-refractivity contribution is -0.167. The van der Waals surface area contributed by atoms with Crippen molar-refractivity contribution in [2.45, 2.75) is 129 Å². The summed E-state index contributed by atoms with van der Waals surface area (Å²) in [6, 6.07) is -0.304. The van der Waals surface area contributed by atoms with Crippen LogP contribution in [0.15, 0.2) is 0 Å². The number of aliphatic hydroxyl groups excluding tert-OH is 1. The average Bonchev–Trinajstić information content (AvgIpc) is 3.25. The van der Waals surface area contributed by atoms with Crippen molar-refractivity contribution in [2.24, 2.45) is 57.8 Å². The Labute approximate surface area is 236 Å². The largest absolute Gasteiger partial charge is 0.466 e. The summed E-state index contributed by atoms with van der Waals surface area (Å²) < 4.78 is 5.19. The van der Waals surface area contributed by atoms with Gasteiger partial charge in [-0.15, -0.1) is 0 Å². The maximum atomic E-state index is 12.8. The third-order valence-corrected chi connectivity index (χ3v) is 12.2. The van der Waals surface area contributed by atoms with Crippen molar-refractivity contribution in [3.8, 4) is 0 Å². The van der Waals surface area contributed by atoms with E-state index in [4.69, 9.17) is 16.2 Å². The molecule has 0 aromatic heterocycles. The number of hydrogen-bond acceptors (Lipinski definition) is 6. The van der Waals surface area contributed by atoms with E-state index in [1.54, 1.807) is 0 Å². The molecular formula is C32H57N3O4. The minimum absolute atomic E-state index is 0.0302. The molecule has 7 nitrogen and oxygen atoms in total. The number of nitrogens with one attached hydrogen (secondary N) is 1. The van der Waals surface area contributed by atoms with Crippen LogP contribution in [0.25, 0.3) is 0 Å². The van der Waals surface area contributed by atoms with Crippen molar-refractivity contribution in [3.63, 3.8) is 0 Å². The van der Waals surface area contributed by atoms with Gasteiger partial charge in [-0.1, -0.05) is 27.2 Å². The van der Waals surface area contributed by atoms with Gasteiger partial charge in [-0.3, -0.25) is 9.59 Å². The van der Waals surface area contributed by atoms with Gasteiger partial charge >= 0.3 is 5.97 Å². The van der Waals surface area contributed by atoms with Crippen LogP contribution in [0.1, 0.15) is 111 Å². The summed E-state index contributed by atoms with van der Waals surface area (Å²) in [6.07, 6.45) is 12.3. The van der Waals surface area contributed by atoms with Crippen LogP contribution in [0.5, 0.6) is 0 Å². The number of carbonyl (C=O) groups excluding carboxylic acids is 2. The highest BCUT2D eigenvalue weighted by molar-refractivity contribution is 5.81. The summed E-state index contributed by atoms with van der Waals surface area (Å²) in [5.74, 6) is 2.91. The molecule has 1 amide bonds. The number of unbranched alkanes of at least 4 members (excludes halogenated alkanes) is 1. The molecule has 4 saturated carbocycles. The Balaban J connectivity index is 1.38. The zero-order valence-corrected chi connectivity index (χ0v) is 25.1. The summed E-state index contributed by atoms with van der Waals surface area (Å²) >= 11 is 0. The normalized spacial score (nSPS) is 41.1. The molecule has 0 saturated heterocycles. The molecule has 0 bridgehead atoms. The molecule has 0 unspecified atom stereocenters. The molecular weight excluding hydrogens is 490 g/mol. The van der Waals surface area contributed by atoms with E-state index in [1.165, 1.54) is 25.7 Å². The van der Waals surface area contributed by atoms with Crippen molar-refractivity contribution < 1.29 is 19.4 Å². The SMILES string of the molecule is CCOC(=O)CC[C@@H](C)[C@H]1CC[C@H]2[C@@H]3[C@H](O)C[C@@H]4C[C@H](NC(=O)[C@@H](N)CCCCN)CC[C@]4(C)[C@H]3CC[C@]12C.